The van der Waals surface area contributed by atoms with Gasteiger partial charge < -0.3 is 0 Å². The number of aromatic nitrogens is 2. The maximum absolute atomic E-state index is 12.6. The number of halogens is 4. The van der Waals surface area contributed by atoms with Crippen molar-refractivity contribution in [2.24, 2.45) is 0 Å². The van der Waals surface area contributed by atoms with Crippen LogP contribution >= 0.6 is 15.9 Å². The molecular formula is C12H7BrF3N3. The molecule has 0 spiro atoms. The molecule has 0 aliphatic rings. The first-order valence-corrected chi connectivity index (χ1v) is 6.00. The van der Waals surface area contributed by atoms with Crippen LogP contribution in [0.2, 0.25) is 0 Å². The Kier molecular flexibility index (Phi) is 3.62. The zero-order valence-electron chi connectivity index (χ0n) is 9.45. The summed E-state index contributed by atoms with van der Waals surface area (Å²) in [6.45, 7) is 0. The normalized spacial score (nSPS) is 11.3. The molecule has 0 N–H and O–H groups in total. The molecule has 2 aromatic rings. The van der Waals surface area contributed by atoms with Gasteiger partial charge in [-0.15, -0.1) is 0 Å². The number of rotatable bonds is 2. The van der Waals surface area contributed by atoms with Crippen LogP contribution in [0.15, 0.2) is 34.9 Å². The van der Waals surface area contributed by atoms with E-state index in [-0.39, 0.29) is 6.42 Å². The second kappa shape index (κ2) is 5.05. The topological polar surface area (TPSA) is 41.6 Å². The molecule has 3 nitrogen and oxygen atoms in total. The lowest BCUT2D eigenvalue weighted by molar-refractivity contribution is -0.137. The highest BCUT2D eigenvalue weighted by Gasteiger charge is 2.30. The van der Waals surface area contributed by atoms with Crippen LogP contribution in [-0.4, -0.2) is 9.78 Å². The van der Waals surface area contributed by atoms with Gasteiger partial charge in [0.05, 0.1) is 33.9 Å². The monoisotopic (exact) mass is 329 g/mol. The Bertz CT molecular complexity index is 640. The predicted octanol–water partition coefficient (Wildman–Crippen LogP) is 3.72. The van der Waals surface area contributed by atoms with E-state index in [0.29, 0.717) is 15.9 Å². The number of alkyl halides is 3. The van der Waals surface area contributed by atoms with Gasteiger partial charge in [0, 0.05) is 6.20 Å². The minimum absolute atomic E-state index is 0.0898. The molecule has 0 aliphatic carbocycles. The zero-order valence-corrected chi connectivity index (χ0v) is 11.0. The van der Waals surface area contributed by atoms with E-state index in [4.69, 9.17) is 5.26 Å². The molecule has 0 fully saturated rings. The van der Waals surface area contributed by atoms with Crippen molar-refractivity contribution in [3.05, 3.63) is 46.2 Å². The number of benzene rings is 1. The quantitative estimate of drug-likeness (QED) is 0.842. The number of nitriles is 1. The highest BCUT2D eigenvalue weighted by atomic mass is 79.9. The van der Waals surface area contributed by atoms with Gasteiger partial charge in [-0.05, 0) is 34.1 Å². The zero-order chi connectivity index (χ0) is 14.0. The molecule has 0 bridgehead atoms. The lowest BCUT2D eigenvalue weighted by Gasteiger charge is -2.08. The smallest absolute Gasteiger partial charge is 0.239 e. The van der Waals surface area contributed by atoms with Gasteiger partial charge in [-0.25, -0.2) is 4.68 Å². The van der Waals surface area contributed by atoms with Gasteiger partial charge in [0.25, 0.3) is 0 Å². The van der Waals surface area contributed by atoms with Crippen molar-refractivity contribution in [2.45, 2.75) is 12.6 Å². The Hall–Kier alpha value is -1.81. The van der Waals surface area contributed by atoms with Gasteiger partial charge in [0.15, 0.2) is 0 Å². The minimum atomic E-state index is -4.39. The molecule has 0 amide bonds. The predicted molar refractivity (Wildman–Crippen MR) is 65.6 cm³/mol. The van der Waals surface area contributed by atoms with Gasteiger partial charge in [0.1, 0.15) is 0 Å². The fourth-order valence-corrected chi connectivity index (χ4v) is 1.95. The van der Waals surface area contributed by atoms with E-state index in [9.17, 15) is 13.2 Å². The van der Waals surface area contributed by atoms with Crippen LogP contribution in [0.25, 0.3) is 5.69 Å². The van der Waals surface area contributed by atoms with Crippen LogP contribution in [0.3, 0.4) is 0 Å². The molecular weight excluding hydrogens is 323 g/mol. The van der Waals surface area contributed by atoms with E-state index in [2.05, 4.69) is 21.0 Å². The van der Waals surface area contributed by atoms with Crippen LogP contribution in [0.5, 0.6) is 0 Å². The Morgan fingerprint density at radius 3 is 2.74 bits per heavy atom. The Labute approximate surface area is 115 Å². The highest BCUT2D eigenvalue weighted by Crippen LogP contribution is 2.30. The molecule has 0 saturated heterocycles. The summed E-state index contributed by atoms with van der Waals surface area (Å²) >= 11 is 3.22. The first-order chi connectivity index (χ1) is 8.91. The summed E-state index contributed by atoms with van der Waals surface area (Å²) in [7, 11) is 0. The van der Waals surface area contributed by atoms with Crippen LogP contribution < -0.4 is 0 Å². The van der Waals surface area contributed by atoms with Gasteiger partial charge >= 0.3 is 6.18 Å². The summed E-state index contributed by atoms with van der Waals surface area (Å²) in [5.41, 5.74) is 0.0399. The van der Waals surface area contributed by atoms with Crippen molar-refractivity contribution in [2.75, 3.05) is 0 Å². The van der Waals surface area contributed by atoms with Crippen molar-refractivity contribution in [1.29, 1.82) is 5.26 Å². The van der Waals surface area contributed by atoms with Gasteiger partial charge in [-0.1, -0.05) is 6.07 Å². The van der Waals surface area contributed by atoms with Crippen molar-refractivity contribution in [3.63, 3.8) is 0 Å². The molecule has 19 heavy (non-hydrogen) atoms. The van der Waals surface area contributed by atoms with Gasteiger partial charge in [0.2, 0.25) is 0 Å². The fourth-order valence-electron chi connectivity index (χ4n) is 1.54. The molecule has 0 unspecified atom stereocenters. The van der Waals surface area contributed by atoms with Crippen molar-refractivity contribution in [3.8, 4) is 11.8 Å². The van der Waals surface area contributed by atoms with Crippen LogP contribution in [-0.2, 0) is 12.6 Å². The maximum atomic E-state index is 12.6. The molecule has 1 heterocycles. The molecule has 7 heteroatoms. The number of hydrogen-bond acceptors (Lipinski definition) is 2. The Morgan fingerprint density at radius 1 is 1.37 bits per heavy atom. The van der Waals surface area contributed by atoms with E-state index in [1.54, 1.807) is 0 Å². The summed E-state index contributed by atoms with van der Waals surface area (Å²) in [4.78, 5) is 0. The maximum Gasteiger partial charge on any atom is 0.416 e. The number of hydrogen-bond donors (Lipinski definition) is 0. The third kappa shape index (κ3) is 2.96. The fraction of sp³-hybridized carbons (Fsp3) is 0.167. The van der Waals surface area contributed by atoms with Crippen LogP contribution in [0, 0.1) is 11.3 Å². The molecule has 0 radical (unpaired) electrons. The van der Waals surface area contributed by atoms with E-state index in [1.807, 2.05) is 6.07 Å². The van der Waals surface area contributed by atoms with Crippen LogP contribution in [0.1, 0.15) is 11.3 Å². The first-order valence-electron chi connectivity index (χ1n) is 5.20. The standard InChI is InChI=1S/C12H7BrF3N3/c13-10-7-19(18-11(10)4-5-17)9-3-1-2-8(6-9)12(14,15)16/h1-3,6-7H,4H2. The molecule has 1 aromatic heterocycles. The van der Waals surface area contributed by atoms with E-state index in [0.717, 1.165) is 12.1 Å². The summed E-state index contributed by atoms with van der Waals surface area (Å²) < 4.78 is 39.7. The van der Waals surface area contributed by atoms with Gasteiger partial charge in [-0.2, -0.15) is 23.5 Å². The van der Waals surface area contributed by atoms with Crippen molar-refractivity contribution >= 4 is 15.9 Å². The summed E-state index contributed by atoms with van der Waals surface area (Å²) in [6.07, 6.45) is -2.77. The van der Waals surface area contributed by atoms with Gasteiger partial charge in [-0.3, -0.25) is 0 Å². The molecule has 2 rings (SSSR count). The second-order valence-corrected chi connectivity index (χ2v) is 4.61. The number of nitrogens with zero attached hydrogens (tertiary/aromatic N) is 3. The highest BCUT2D eigenvalue weighted by molar-refractivity contribution is 9.10. The second-order valence-electron chi connectivity index (χ2n) is 3.75. The van der Waals surface area contributed by atoms with Crippen LogP contribution in [0.4, 0.5) is 13.2 Å². The van der Waals surface area contributed by atoms with Crippen molar-refractivity contribution in [1.82, 2.24) is 9.78 Å². The minimum Gasteiger partial charge on any atom is -0.239 e. The third-order valence-electron chi connectivity index (χ3n) is 2.42. The average Bonchev–Trinajstić information content (AvgIpc) is 2.71. The molecule has 98 valence electrons. The van der Waals surface area contributed by atoms with E-state index >= 15 is 0 Å². The molecule has 0 atom stereocenters. The van der Waals surface area contributed by atoms with Crippen molar-refractivity contribution < 1.29 is 13.2 Å². The summed E-state index contributed by atoms with van der Waals surface area (Å²) in [6, 6.07) is 6.78. The largest absolute Gasteiger partial charge is 0.416 e. The molecule has 0 aliphatic heterocycles. The average molecular weight is 330 g/mol. The lowest BCUT2D eigenvalue weighted by atomic mass is 10.2. The summed E-state index contributed by atoms with van der Waals surface area (Å²) in [5, 5.41) is 12.7. The van der Waals surface area contributed by atoms with E-state index in [1.165, 1.54) is 23.0 Å². The third-order valence-corrected chi connectivity index (χ3v) is 3.09. The summed E-state index contributed by atoms with van der Waals surface area (Å²) in [5.74, 6) is 0. The van der Waals surface area contributed by atoms with E-state index < -0.39 is 11.7 Å². The first kappa shape index (κ1) is 13.6. The lowest BCUT2D eigenvalue weighted by Crippen LogP contribution is -2.06. The Balaban J connectivity index is 2.43. The molecule has 1 aromatic carbocycles. The Morgan fingerprint density at radius 2 is 2.11 bits per heavy atom. The SMILES string of the molecule is N#CCc1nn(-c2cccc(C(F)(F)F)c2)cc1Br. The molecule has 0 saturated carbocycles.